The first-order chi connectivity index (χ1) is 13.8. The summed E-state index contributed by atoms with van der Waals surface area (Å²) in [4.78, 5) is 21.0. The zero-order chi connectivity index (χ0) is 19.3. The van der Waals surface area contributed by atoms with Gasteiger partial charge in [-0.25, -0.2) is 9.78 Å². The van der Waals surface area contributed by atoms with Gasteiger partial charge >= 0.3 is 5.97 Å². The fraction of sp³-hybridized carbons (Fsp3) is 0.0870. The Morgan fingerprint density at radius 2 is 1.64 bits per heavy atom. The first-order valence-corrected chi connectivity index (χ1v) is 8.85. The van der Waals surface area contributed by atoms with E-state index in [9.17, 15) is 4.79 Å². The van der Waals surface area contributed by atoms with Gasteiger partial charge in [-0.2, -0.15) is 0 Å². The number of carbonyl (C=O) groups excluding carboxylic acids is 1. The molecule has 2 heterocycles. The molecule has 0 aliphatic heterocycles. The molecular formula is C23H18N2O3. The van der Waals surface area contributed by atoms with Crippen LogP contribution >= 0.6 is 0 Å². The molecule has 0 saturated carbocycles. The summed E-state index contributed by atoms with van der Waals surface area (Å²) < 4.78 is 10.9. The number of pyridine rings is 2. The molecule has 0 N–H and O–H groups in total. The molecule has 5 nitrogen and oxygen atoms in total. The Balaban J connectivity index is 1.78. The number of hydrogen-bond donors (Lipinski definition) is 0. The lowest BCUT2D eigenvalue weighted by molar-refractivity contribution is 0.0589. The summed E-state index contributed by atoms with van der Waals surface area (Å²) in [6, 6.07) is 21.6. The van der Waals surface area contributed by atoms with E-state index in [0.717, 1.165) is 22.2 Å². The average molecular weight is 370 g/mol. The van der Waals surface area contributed by atoms with Crippen LogP contribution in [-0.2, 0) is 11.3 Å². The Morgan fingerprint density at radius 1 is 0.929 bits per heavy atom. The Kier molecular flexibility index (Phi) is 4.97. The van der Waals surface area contributed by atoms with Crippen molar-refractivity contribution in [2.24, 2.45) is 0 Å². The third-order valence-electron chi connectivity index (χ3n) is 4.40. The molecule has 0 unspecified atom stereocenters. The quantitative estimate of drug-likeness (QED) is 0.478. The van der Waals surface area contributed by atoms with Crippen molar-refractivity contribution in [2.45, 2.75) is 6.61 Å². The first-order valence-electron chi connectivity index (χ1n) is 8.85. The minimum absolute atomic E-state index is 0.139. The van der Waals surface area contributed by atoms with Gasteiger partial charge in [-0.1, -0.05) is 60.7 Å². The maximum atomic E-state index is 12.2. The van der Waals surface area contributed by atoms with Crippen LogP contribution in [0.5, 0.6) is 5.75 Å². The maximum absolute atomic E-state index is 12.2. The molecule has 2 aromatic heterocycles. The standard InChI is InChI=1S/C23H18N2O3/c1-27-23(26)21-22(28-15-16-8-4-2-5-9-16)19-14-24-20(12-18(19)13-25-21)17-10-6-3-7-11-17/h2-14H,15H2,1H3. The molecular weight excluding hydrogens is 352 g/mol. The average Bonchev–Trinajstić information content (AvgIpc) is 2.77. The van der Waals surface area contributed by atoms with Crippen molar-refractivity contribution in [3.63, 3.8) is 0 Å². The van der Waals surface area contributed by atoms with Crippen LogP contribution in [0.3, 0.4) is 0 Å². The molecule has 0 fully saturated rings. The van der Waals surface area contributed by atoms with E-state index in [-0.39, 0.29) is 5.69 Å². The van der Waals surface area contributed by atoms with Gasteiger partial charge in [0.05, 0.1) is 12.8 Å². The smallest absolute Gasteiger partial charge is 0.360 e. The van der Waals surface area contributed by atoms with Crippen molar-refractivity contribution in [2.75, 3.05) is 7.11 Å². The van der Waals surface area contributed by atoms with E-state index in [4.69, 9.17) is 9.47 Å². The molecule has 2 aromatic carbocycles. The van der Waals surface area contributed by atoms with Crippen LogP contribution < -0.4 is 4.74 Å². The van der Waals surface area contributed by atoms with Crippen molar-refractivity contribution in [1.82, 2.24) is 9.97 Å². The zero-order valence-electron chi connectivity index (χ0n) is 15.3. The van der Waals surface area contributed by atoms with Crippen molar-refractivity contribution in [1.29, 1.82) is 0 Å². The Morgan fingerprint density at radius 3 is 2.36 bits per heavy atom. The van der Waals surface area contributed by atoms with E-state index in [1.807, 2.05) is 66.7 Å². The molecule has 28 heavy (non-hydrogen) atoms. The lowest BCUT2D eigenvalue weighted by Crippen LogP contribution is -2.09. The van der Waals surface area contributed by atoms with E-state index in [1.165, 1.54) is 7.11 Å². The summed E-state index contributed by atoms with van der Waals surface area (Å²) >= 11 is 0. The van der Waals surface area contributed by atoms with Gasteiger partial charge in [0.1, 0.15) is 6.61 Å². The number of hydrogen-bond acceptors (Lipinski definition) is 5. The van der Waals surface area contributed by atoms with Crippen LogP contribution in [0, 0.1) is 0 Å². The highest BCUT2D eigenvalue weighted by Gasteiger charge is 2.19. The maximum Gasteiger partial charge on any atom is 0.360 e. The molecule has 0 spiro atoms. The molecule has 0 radical (unpaired) electrons. The van der Waals surface area contributed by atoms with Gasteiger partial charge in [0.25, 0.3) is 0 Å². The molecule has 5 heteroatoms. The fourth-order valence-corrected chi connectivity index (χ4v) is 2.97. The summed E-state index contributed by atoms with van der Waals surface area (Å²) in [5.41, 5.74) is 2.97. The topological polar surface area (TPSA) is 61.3 Å². The van der Waals surface area contributed by atoms with Gasteiger partial charge in [0.2, 0.25) is 0 Å². The lowest BCUT2D eigenvalue weighted by Gasteiger charge is -2.13. The van der Waals surface area contributed by atoms with Gasteiger partial charge in [-0.15, -0.1) is 0 Å². The third-order valence-corrected chi connectivity index (χ3v) is 4.40. The predicted octanol–water partition coefficient (Wildman–Crippen LogP) is 4.66. The number of ether oxygens (including phenoxy) is 2. The highest BCUT2D eigenvalue weighted by Crippen LogP contribution is 2.31. The minimum atomic E-state index is -0.544. The molecule has 0 saturated heterocycles. The first kappa shape index (κ1) is 17.7. The van der Waals surface area contributed by atoms with E-state index >= 15 is 0 Å². The number of carbonyl (C=O) groups is 1. The lowest BCUT2D eigenvalue weighted by atomic mass is 10.1. The monoisotopic (exact) mass is 370 g/mol. The van der Waals surface area contributed by atoms with E-state index < -0.39 is 5.97 Å². The molecule has 0 atom stereocenters. The molecule has 4 rings (SSSR count). The second kappa shape index (κ2) is 7.88. The second-order valence-electron chi connectivity index (χ2n) is 6.22. The van der Waals surface area contributed by atoms with Crippen molar-refractivity contribution >= 4 is 16.7 Å². The number of esters is 1. The molecule has 4 aromatic rings. The number of nitrogens with zero attached hydrogens (tertiary/aromatic N) is 2. The summed E-state index contributed by atoms with van der Waals surface area (Å²) in [6.07, 6.45) is 3.36. The highest BCUT2D eigenvalue weighted by molar-refractivity contribution is 5.99. The summed E-state index contributed by atoms with van der Waals surface area (Å²) in [5.74, 6) is -0.169. The van der Waals surface area contributed by atoms with Gasteiger partial charge in [-0.3, -0.25) is 4.98 Å². The van der Waals surface area contributed by atoms with E-state index in [1.54, 1.807) is 12.4 Å². The molecule has 0 aliphatic carbocycles. The van der Waals surface area contributed by atoms with Crippen LogP contribution in [0.25, 0.3) is 22.0 Å². The largest absolute Gasteiger partial charge is 0.486 e. The number of benzene rings is 2. The minimum Gasteiger partial charge on any atom is -0.486 e. The molecule has 0 amide bonds. The van der Waals surface area contributed by atoms with E-state index in [2.05, 4.69) is 9.97 Å². The van der Waals surface area contributed by atoms with Gasteiger partial charge in [0.15, 0.2) is 11.4 Å². The van der Waals surface area contributed by atoms with Gasteiger partial charge < -0.3 is 9.47 Å². The fourth-order valence-electron chi connectivity index (χ4n) is 2.97. The van der Waals surface area contributed by atoms with Crippen LogP contribution in [0.4, 0.5) is 0 Å². The van der Waals surface area contributed by atoms with Crippen LogP contribution in [-0.4, -0.2) is 23.0 Å². The van der Waals surface area contributed by atoms with Gasteiger partial charge in [0, 0.05) is 28.7 Å². The summed E-state index contributed by atoms with van der Waals surface area (Å²) in [5, 5.41) is 1.55. The van der Waals surface area contributed by atoms with Gasteiger partial charge in [-0.05, 0) is 11.6 Å². The molecule has 0 bridgehead atoms. The normalized spacial score (nSPS) is 10.6. The highest BCUT2D eigenvalue weighted by atomic mass is 16.5. The predicted molar refractivity (Wildman–Crippen MR) is 107 cm³/mol. The van der Waals surface area contributed by atoms with Crippen molar-refractivity contribution < 1.29 is 14.3 Å². The van der Waals surface area contributed by atoms with Crippen LogP contribution in [0.15, 0.2) is 79.1 Å². The summed E-state index contributed by atoms with van der Waals surface area (Å²) in [7, 11) is 1.33. The number of rotatable bonds is 5. The zero-order valence-corrected chi connectivity index (χ0v) is 15.3. The Labute approximate surface area is 162 Å². The Hall–Kier alpha value is -3.73. The van der Waals surface area contributed by atoms with Crippen LogP contribution in [0.1, 0.15) is 16.1 Å². The van der Waals surface area contributed by atoms with Crippen molar-refractivity contribution in [3.8, 4) is 17.0 Å². The number of methoxy groups -OCH3 is 1. The number of fused-ring (bicyclic) bond motifs is 1. The SMILES string of the molecule is COC(=O)c1ncc2cc(-c3ccccc3)ncc2c1OCc1ccccc1. The number of aromatic nitrogens is 2. The van der Waals surface area contributed by atoms with Crippen LogP contribution in [0.2, 0.25) is 0 Å². The summed E-state index contributed by atoms with van der Waals surface area (Å²) in [6.45, 7) is 0.312. The third kappa shape index (κ3) is 3.55. The Bertz CT molecular complexity index is 1110. The molecule has 138 valence electrons. The second-order valence-corrected chi connectivity index (χ2v) is 6.22. The van der Waals surface area contributed by atoms with E-state index in [0.29, 0.717) is 17.7 Å². The molecule has 0 aliphatic rings. The van der Waals surface area contributed by atoms with Crippen molar-refractivity contribution in [3.05, 3.63) is 90.4 Å².